The maximum atomic E-state index is 12.9. The molecule has 1 fully saturated rings. The first kappa shape index (κ1) is 24.3. The number of hydrogen-bond acceptors (Lipinski definition) is 7. The van der Waals surface area contributed by atoms with Gasteiger partial charge in [-0.3, -0.25) is 9.97 Å². The Morgan fingerprint density at radius 3 is 2.63 bits per heavy atom. The molecule has 4 aromatic rings. The Morgan fingerprint density at radius 2 is 1.91 bits per heavy atom. The SMILES string of the molecule is C[C@@](O)(CO)c1ccnc(-c2ccnc3cc([C@H](NS(=O)(=O)C4CC4)c4ccccc4Cl)sc23)c1. The van der Waals surface area contributed by atoms with Crippen molar-refractivity contribution in [3.05, 3.63) is 82.0 Å². The second-order valence-corrected chi connectivity index (χ2v) is 12.4. The summed E-state index contributed by atoms with van der Waals surface area (Å²) in [4.78, 5) is 9.74. The molecule has 0 radical (unpaired) electrons. The van der Waals surface area contributed by atoms with E-state index in [0.29, 0.717) is 40.2 Å². The van der Waals surface area contributed by atoms with Crippen molar-refractivity contribution in [2.45, 2.75) is 36.7 Å². The topological polar surface area (TPSA) is 112 Å². The Labute approximate surface area is 212 Å². The van der Waals surface area contributed by atoms with E-state index in [0.717, 1.165) is 15.1 Å². The van der Waals surface area contributed by atoms with Crippen LogP contribution in [0.25, 0.3) is 21.5 Å². The highest BCUT2D eigenvalue weighted by Gasteiger charge is 2.38. The fourth-order valence-corrected chi connectivity index (χ4v) is 6.99. The fourth-order valence-electron chi connectivity index (χ4n) is 3.93. The standard InChI is InChI=1S/C25H24ClN3O4S2/c1-25(31,14-30)15-8-10-27-20(12-15)18-9-11-28-21-13-22(34-24(18)21)23(17-4-2-3-5-19(17)26)29-35(32,33)16-6-7-16/h2-5,8-13,16,23,29-31H,6-7,14H2,1H3/t23-,25-/m1/s1. The molecule has 3 N–H and O–H groups in total. The second-order valence-electron chi connectivity index (χ2n) is 8.90. The summed E-state index contributed by atoms with van der Waals surface area (Å²) in [5.41, 5.74) is 1.92. The molecular formula is C25H24ClN3O4S2. The van der Waals surface area contributed by atoms with Gasteiger partial charge in [0.25, 0.3) is 0 Å². The largest absolute Gasteiger partial charge is 0.393 e. The summed E-state index contributed by atoms with van der Waals surface area (Å²) >= 11 is 7.92. The molecule has 7 nitrogen and oxygen atoms in total. The number of thiophene rings is 1. The minimum absolute atomic E-state index is 0.373. The van der Waals surface area contributed by atoms with Gasteiger partial charge >= 0.3 is 0 Å². The van der Waals surface area contributed by atoms with E-state index in [-0.39, 0.29) is 5.25 Å². The number of halogens is 1. The van der Waals surface area contributed by atoms with E-state index in [1.54, 1.807) is 30.6 Å². The maximum Gasteiger partial charge on any atom is 0.215 e. The minimum atomic E-state index is -3.51. The number of hydrogen-bond donors (Lipinski definition) is 3. The van der Waals surface area contributed by atoms with Crippen LogP contribution >= 0.6 is 22.9 Å². The highest BCUT2D eigenvalue weighted by Crippen LogP contribution is 2.40. The number of benzene rings is 1. The molecular weight excluding hydrogens is 506 g/mol. The highest BCUT2D eigenvalue weighted by molar-refractivity contribution is 7.90. The first-order valence-electron chi connectivity index (χ1n) is 11.1. The lowest BCUT2D eigenvalue weighted by Gasteiger charge is -2.21. The van der Waals surface area contributed by atoms with Crippen LogP contribution in [0.1, 0.15) is 41.8 Å². The van der Waals surface area contributed by atoms with Gasteiger partial charge < -0.3 is 10.2 Å². The Morgan fingerprint density at radius 1 is 1.17 bits per heavy atom. The summed E-state index contributed by atoms with van der Waals surface area (Å²) in [6.07, 6.45) is 4.57. The molecule has 1 aromatic carbocycles. The van der Waals surface area contributed by atoms with Gasteiger partial charge in [-0.1, -0.05) is 29.8 Å². The molecule has 0 bridgehead atoms. The van der Waals surface area contributed by atoms with E-state index in [4.69, 9.17) is 11.6 Å². The summed E-state index contributed by atoms with van der Waals surface area (Å²) in [7, 11) is -3.51. The molecule has 5 rings (SSSR count). The van der Waals surface area contributed by atoms with Gasteiger partial charge in [-0.05, 0) is 61.2 Å². The van der Waals surface area contributed by atoms with Crippen molar-refractivity contribution in [2.24, 2.45) is 0 Å². The summed E-state index contributed by atoms with van der Waals surface area (Å²) in [5.74, 6) is 0. The molecule has 0 saturated heterocycles. The van der Waals surface area contributed by atoms with E-state index in [2.05, 4.69) is 14.7 Å². The molecule has 1 aliphatic rings. The predicted molar refractivity (Wildman–Crippen MR) is 138 cm³/mol. The summed E-state index contributed by atoms with van der Waals surface area (Å²) in [6, 6.07) is 13.7. The normalized spacial score (nSPS) is 16.8. The summed E-state index contributed by atoms with van der Waals surface area (Å²) in [6.45, 7) is 1.11. The van der Waals surface area contributed by atoms with Crippen LogP contribution in [-0.2, 0) is 15.6 Å². The van der Waals surface area contributed by atoms with Crippen LogP contribution in [0.4, 0.5) is 0 Å². The van der Waals surface area contributed by atoms with Crippen LogP contribution in [0.15, 0.2) is 60.9 Å². The number of pyridine rings is 2. The monoisotopic (exact) mass is 529 g/mol. The third kappa shape index (κ3) is 4.84. The first-order valence-corrected chi connectivity index (χ1v) is 13.9. The van der Waals surface area contributed by atoms with Gasteiger partial charge in [-0.15, -0.1) is 11.3 Å². The third-order valence-electron chi connectivity index (χ3n) is 6.14. The fraction of sp³-hybridized carbons (Fsp3) is 0.280. The van der Waals surface area contributed by atoms with Gasteiger partial charge in [0.2, 0.25) is 10.0 Å². The zero-order valence-electron chi connectivity index (χ0n) is 18.8. The van der Waals surface area contributed by atoms with Gasteiger partial charge in [0, 0.05) is 27.9 Å². The molecule has 10 heteroatoms. The van der Waals surface area contributed by atoms with Crippen molar-refractivity contribution in [1.82, 2.24) is 14.7 Å². The Bertz CT molecular complexity index is 1500. The number of aliphatic hydroxyl groups excluding tert-OH is 1. The van der Waals surface area contributed by atoms with Crippen molar-refractivity contribution >= 4 is 43.2 Å². The molecule has 35 heavy (non-hydrogen) atoms. The van der Waals surface area contributed by atoms with Gasteiger partial charge in [0.15, 0.2) is 0 Å². The average molecular weight is 530 g/mol. The second kappa shape index (κ2) is 9.24. The van der Waals surface area contributed by atoms with E-state index < -0.39 is 28.3 Å². The molecule has 1 aliphatic carbocycles. The average Bonchev–Trinajstić information content (AvgIpc) is 3.63. The predicted octanol–water partition coefficient (Wildman–Crippen LogP) is 4.38. The summed E-state index contributed by atoms with van der Waals surface area (Å²) < 4.78 is 29.5. The van der Waals surface area contributed by atoms with E-state index in [1.165, 1.54) is 18.3 Å². The number of fused-ring (bicyclic) bond motifs is 1. The number of nitrogens with zero attached hydrogens (tertiary/aromatic N) is 2. The van der Waals surface area contributed by atoms with Crippen molar-refractivity contribution in [2.75, 3.05) is 6.61 Å². The minimum Gasteiger partial charge on any atom is -0.393 e. The molecule has 0 aliphatic heterocycles. The van der Waals surface area contributed by atoms with Gasteiger partial charge in [-0.25, -0.2) is 13.1 Å². The van der Waals surface area contributed by atoms with Crippen LogP contribution in [0, 0.1) is 0 Å². The number of nitrogens with one attached hydrogen (secondary N) is 1. The molecule has 0 spiro atoms. The molecule has 3 aromatic heterocycles. The van der Waals surface area contributed by atoms with Crippen molar-refractivity contribution in [3.8, 4) is 11.3 Å². The van der Waals surface area contributed by atoms with Crippen LogP contribution in [0.2, 0.25) is 5.02 Å². The Balaban J connectivity index is 1.62. The molecule has 1 saturated carbocycles. The smallest absolute Gasteiger partial charge is 0.215 e. The van der Waals surface area contributed by atoms with Crippen LogP contribution in [0.5, 0.6) is 0 Å². The van der Waals surface area contributed by atoms with E-state index >= 15 is 0 Å². The van der Waals surface area contributed by atoms with Crippen molar-refractivity contribution < 1.29 is 18.6 Å². The number of aliphatic hydroxyl groups is 2. The van der Waals surface area contributed by atoms with Gasteiger partial charge in [0.1, 0.15) is 5.60 Å². The zero-order chi connectivity index (χ0) is 24.8. The lowest BCUT2D eigenvalue weighted by atomic mass is 9.96. The number of rotatable bonds is 8. The maximum absolute atomic E-state index is 12.9. The van der Waals surface area contributed by atoms with Crippen LogP contribution in [-0.4, -0.2) is 40.5 Å². The first-order chi connectivity index (χ1) is 16.7. The lowest BCUT2D eigenvalue weighted by molar-refractivity contribution is -0.00230. The molecule has 3 heterocycles. The molecule has 0 unspecified atom stereocenters. The van der Waals surface area contributed by atoms with E-state index in [9.17, 15) is 18.6 Å². The van der Waals surface area contributed by atoms with Gasteiger partial charge in [-0.2, -0.15) is 0 Å². The third-order valence-corrected chi connectivity index (χ3v) is 9.62. The van der Waals surface area contributed by atoms with Crippen molar-refractivity contribution in [1.29, 1.82) is 0 Å². The highest BCUT2D eigenvalue weighted by atomic mass is 35.5. The van der Waals surface area contributed by atoms with Crippen molar-refractivity contribution in [3.63, 3.8) is 0 Å². The zero-order valence-corrected chi connectivity index (χ0v) is 21.2. The Kier molecular flexibility index (Phi) is 6.41. The van der Waals surface area contributed by atoms with Crippen LogP contribution in [0.3, 0.4) is 0 Å². The molecule has 182 valence electrons. The Hall–Kier alpha value is -2.40. The van der Waals surface area contributed by atoms with E-state index in [1.807, 2.05) is 30.3 Å². The molecule has 0 amide bonds. The molecule has 2 atom stereocenters. The van der Waals surface area contributed by atoms with Gasteiger partial charge in [0.05, 0.1) is 33.8 Å². The summed E-state index contributed by atoms with van der Waals surface area (Å²) in [5, 5.41) is 20.2. The van der Waals surface area contributed by atoms with Crippen LogP contribution < -0.4 is 4.72 Å². The number of sulfonamides is 1. The number of aromatic nitrogens is 2. The quantitative estimate of drug-likeness (QED) is 0.312. The lowest BCUT2D eigenvalue weighted by Crippen LogP contribution is -2.31.